The van der Waals surface area contributed by atoms with E-state index in [2.05, 4.69) is 24.1 Å². The number of morpholine rings is 1. The van der Waals surface area contributed by atoms with Crippen molar-refractivity contribution in [2.75, 3.05) is 53.0 Å². The molecule has 2 fully saturated rings. The summed E-state index contributed by atoms with van der Waals surface area (Å²) in [7, 11) is 1.77. The molecule has 3 unspecified atom stereocenters. The lowest BCUT2D eigenvalue weighted by Gasteiger charge is -2.45. The molecule has 1 heterocycles. The number of hydrogen-bond acceptors (Lipinski definition) is 4. The van der Waals surface area contributed by atoms with Gasteiger partial charge in [0.25, 0.3) is 0 Å². The third-order valence-corrected chi connectivity index (χ3v) is 5.05. The average molecular weight is 298 g/mol. The van der Waals surface area contributed by atoms with Gasteiger partial charge in [-0.25, -0.2) is 0 Å². The van der Waals surface area contributed by atoms with Crippen LogP contribution in [0.5, 0.6) is 0 Å². The zero-order chi connectivity index (χ0) is 15.1. The second-order valence-corrected chi connectivity index (χ2v) is 7.29. The molecule has 0 aromatic heterocycles. The first kappa shape index (κ1) is 17.2. The number of hydrogen-bond donors (Lipinski definition) is 1. The molecule has 1 N–H and O–H groups in total. The molecular formula is C17H34N2O2. The summed E-state index contributed by atoms with van der Waals surface area (Å²) in [6.45, 7) is 11.8. The summed E-state index contributed by atoms with van der Waals surface area (Å²) < 4.78 is 10.9. The fourth-order valence-electron chi connectivity index (χ4n) is 4.17. The van der Waals surface area contributed by atoms with Crippen molar-refractivity contribution in [3.8, 4) is 0 Å². The average Bonchev–Trinajstić information content (AvgIpc) is 2.44. The molecule has 1 aliphatic carbocycles. The SMILES string of the molecule is COCCNCC1(CN2CCOC(C)C2)CCCC(C)C1. The summed E-state index contributed by atoms with van der Waals surface area (Å²) in [5.74, 6) is 0.862. The highest BCUT2D eigenvalue weighted by atomic mass is 16.5. The first-order chi connectivity index (χ1) is 10.1. The Kier molecular flexibility index (Phi) is 6.93. The molecule has 4 nitrogen and oxygen atoms in total. The molecule has 0 bridgehead atoms. The Labute approximate surface area is 130 Å². The molecule has 0 amide bonds. The minimum atomic E-state index is 0.387. The molecule has 3 atom stereocenters. The van der Waals surface area contributed by atoms with Gasteiger partial charge in [-0.3, -0.25) is 4.90 Å². The van der Waals surface area contributed by atoms with Crippen LogP contribution in [0.3, 0.4) is 0 Å². The van der Waals surface area contributed by atoms with Crippen molar-refractivity contribution < 1.29 is 9.47 Å². The Morgan fingerprint density at radius 3 is 2.95 bits per heavy atom. The van der Waals surface area contributed by atoms with Crippen LogP contribution in [0.4, 0.5) is 0 Å². The molecule has 1 saturated carbocycles. The van der Waals surface area contributed by atoms with Gasteiger partial charge in [-0.1, -0.05) is 19.8 Å². The first-order valence-corrected chi connectivity index (χ1v) is 8.67. The third kappa shape index (κ3) is 5.51. The molecule has 0 spiro atoms. The molecule has 0 aromatic carbocycles. The van der Waals surface area contributed by atoms with E-state index in [1.54, 1.807) is 7.11 Å². The standard InChI is InChI=1S/C17H34N2O2/c1-15-5-4-6-17(11-15,13-18-7-9-20-3)14-19-8-10-21-16(2)12-19/h15-16,18H,4-14H2,1-3H3. The van der Waals surface area contributed by atoms with Gasteiger partial charge in [0.15, 0.2) is 0 Å². The van der Waals surface area contributed by atoms with Gasteiger partial charge in [0.05, 0.1) is 19.3 Å². The van der Waals surface area contributed by atoms with Gasteiger partial charge in [0.1, 0.15) is 0 Å². The second kappa shape index (κ2) is 8.47. The minimum Gasteiger partial charge on any atom is -0.383 e. The predicted molar refractivity (Wildman–Crippen MR) is 86.7 cm³/mol. The number of rotatable bonds is 7. The van der Waals surface area contributed by atoms with Gasteiger partial charge >= 0.3 is 0 Å². The van der Waals surface area contributed by atoms with Gasteiger partial charge < -0.3 is 14.8 Å². The third-order valence-electron chi connectivity index (χ3n) is 5.05. The molecule has 4 heteroatoms. The molecule has 1 saturated heterocycles. The van der Waals surface area contributed by atoms with Crippen LogP contribution in [0, 0.1) is 11.3 Å². The summed E-state index contributed by atoms with van der Waals surface area (Å²) >= 11 is 0. The van der Waals surface area contributed by atoms with Crippen molar-refractivity contribution in [1.82, 2.24) is 10.2 Å². The summed E-state index contributed by atoms with van der Waals surface area (Å²) in [5.41, 5.74) is 0.447. The van der Waals surface area contributed by atoms with Gasteiger partial charge in [-0.2, -0.15) is 0 Å². The summed E-state index contributed by atoms with van der Waals surface area (Å²) in [6, 6.07) is 0. The molecule has 2 rings (SSSR count). The van der Waals surface area contributed by atoms with Gasteiger partial charge in [-0.05, 0) is 31.1 Å². The minimum absolute atomic E-state index is 0.387. The van der Waals surface area contributed by atoms with Crippen molar-refractivity contribution >= 4 is 0 Å². The van der Waals surface area contributed by atoms with Crippen molar-refractivity contribution in [1.29, 1.82) is 0 Å². The number of methoxy groups -OCH3 is 1. The number of nitrogens with zero attached hydrogens (tertiary/aromatic N) is 1. The lowest BCUT2D eigenvalue weighted by atomic mass is 9.69. The Morgan fingerprint density at radius 2 is 2.24 bits per heavy atom. The smallest absolute Gasteiger partial charge is 0.0674 e. The molecule has 0 aromatic rings. The van der Waals surface area contributed by atoms with E-state index in [9.17, 15) is 0 Å². The van der Waals surface area contributed by atoms with Crippen molar-refractivity contribution in [3.63, 3.8) is 0 Å². The van der Waals surface area contributed by atoms with E-state index in [0.717, 1.165) is 45.3 Å². The van der Waals surface area contributed by atoms with E-state index in [0.29, 0.717) is 11.5 Å². The fourth-order valence-corrected chi connectivity index (χ4v) is 4.17. The topological polar surface area (TPSA) is 33.7 Å². The highest BCUT2D eigenvalue weighted by Gasteiger charge is 2.37. The fraction of sp³-hybridized carbons (Fsp3) is 1.00. The maximum Gasteiger partial charge on any atom is 0.0674 e. The van der Waals surface area contributed by atoms with Crippen LogP contribution in [-0.4, -0.2) is 64.1 Å². The maximum atomic E-state index is 5.69. The molecule has 21 heavy (non-hydrogen) atoms. The summed E-state index contributed by atoms with van der Waals surface area (Å²) in [6.07, 6.45) is 5.90. The van der Waals surface area contributed by atoms with Crippen LogP contribution < -0.4 is 5.32 Å². The molecule has 2 aliphatic rings. The van der Waals surface area contributed by atoms with Crippen molar-refractivity contribution in [2.45, 2.75) is 45.6 Å². The summed E-state index contributed by atoms with van der Waals surface area (Å²) in [4.78, 5) is 2.63. The Morgan fingerprint density at radius 1 is 1.38 bits per heavy atom. The molecule has 124 valence electrons. The van der Waals surface area contributed by atoms with Crippen LogP contribution in [0.2, 0.25) is 0 Å². The van der Waals surface area contributed by atoms with Crippen molar-refractivity contribution in [3.05, 3.63) is 0 Å². The quantitative estimate of drug-likeness (QED) is 0.730. The van der Waals surface area contributed by atoms with E-state index in [4.69, 9.17) is 9.47 Å². The van der Waals surface area contributed by atoms with Gasteiger partial charge in [0.2, 0.25) is 0 Å². The van der Waals surface area contributed by atoms with E-state index in [1.807, 2.05) is 0 Å². The molecular weight excluding hydrogens is 264 g/mol. The Hall–Kier alpha value is -0.160. The van der Waals surface area contributed by atoms with Crippen LogP contribution in [0.1, 0.15) is 39.5 Å². The number of nitrogens with one attached hydrogen (secondary N) is 1. The monoisotopic (exact) mass is 298 g/mol. The normalized spacial score (nSPS) is 35.0. The van der Waals surface area contributed by atoms with Gasteiger partial charge in [-0.15, -0.1) is 0 Å². The lowest BCUT2D eigenvalue weighted by Crippen LogP contribution is -2.51. The number of ether oxygens (including phenoxy) is 2. The van der Waals surface area contributed by atoms with Crippen LogP contribution in [-0.2, 0) is 9.47 Å². The Bertz CT molecular complexity index is 301. The summed E-state index contributed by atoms with van der Waals surface area (Å²) in [5, 5.41) is 3.64. The zero-order valence-electron chi connectivity index (χ0n) is 14.2. The van der Waals surface area contributed by atoms with Crippen LogP contribution in [0.25, 0.3) is 0 Å². The van der Waals surface area contributed by atoms with E-state index in [-0.39, 0.29) is 0 Å². The van der Waals surface area contributed by atoms with Crippen LogP contribution in [0.15, 0.2) is 0 Å². The Balaban J connectivity index is 1.90. The largest absolute Gasteiger partial charge is 0.383 e. The first-order valence-electron chi connectivity index (χ1n) is 8.67. The highest BCUT2D eigenvalue weighted by molar-refractivity contribution is 4.90. The van der Waals surface area contributed by atoms with Crippen LogP contribution >= 0.6 is 0 Å². The van der Waals surface area contributed by atoms with E-state index < -0.39 is 0 Å². The van der Waals surface area contributed by atoms with E-state index >= 15 is 0 Å². The highest BCUT2D eigenvalue weighted by Crippen LogP contribution is 2.39. The van der Waals surface area contributed by atoms with Crippen molar-refractivity contribution in [2.24, 2.45) is 11.3 Å². The maximum absolute atomic E-state index is 5.69. The second-order valence-electron chi connectivity index (χ2n) is 7.29. The lowest BCUT2D eigenvalue weighted by molar-refractivity contribution is -0.0396. The molecule has 0 radical (unpaired) electrons. The van der Waals surface area contributed by atoms with Gasteiger partial charge in [0, 0.05) is 39.8 Å². The predicted octanol–water partition coefficient (Wildman–Crippen LogP) is 2.14. The van der Waals surface area contributed by atoms with E-state index in [1.165, 1.54) is 32.2 Å². The molecule has 1 aliphatic heterocycles. The zero-order valence-corrected chi connectivity index (χ0v) is 14.2.